The van der Waals surface area contributed by atoms with Crippen LogP contribution in [0.25, 0.3) is 0 Å². The van der Waals surface area contributed by atoms with Gasteiger partial charge in [0.2, 0.25) is 0 Å². The molecular weight excluding hydrogens is 431 g/mol. The minimum atomic E-state index is -3.59. The van der Waals surface area contributed by atoms with Gasteiger partial charge in [-0.25, -0.2) is 12.8 Å². The molecule has 1 aliphatic heterocycles. The zero-order chi connectivity index (χ0) is 22.6. The number of sulfone groups is 1. The van der Waals surface area contributed by atoms with Crippen molar-refractivity contribution in [2.24, 2.45) is 0 Å². The molecule has 168 valence electrons. The predicted molar refractivity (Wildman–Crippen MR) is 118 cm³/mol. The van der Waals surface area contributed by atoms with Crippen molar-refractivity contribution in [3.8, 4) is 0 Å². The molecule has 0 aliphatic carbocycles. The van der Waals surface area contributed by atoms with Gasteiger partial charge in [0, 0.05) is 38.3 Å². The van der Waals surface area contributed by atoms with Gasteiger partial charge in [-0.1, -0.05) is 30.3 Å². The summed E-state index contributed by atoms with van der Waals surface area (Å²) >= 11 is 0. The molecule has 0 unspecified atom stereocenters. The van der Waals surface area contributed by atoms with Crippen LogP contribution in [-0.4, -0.2) is 50.3 Å². The number of hydrogen-bond acceptors (Lipinski definition) is 5. The number of rotatable bonds is 6. The number of carbonyl (C=O) groups is 1. The van der Waals surface area contributed by atoms with E-state index in [2.05, 4.69) is 4.90 Å². The van der Waals surface area contributed by atoms with E-state index < -0.39 is 9.84 Å². The van der Waals surface area contributed by atoms with Crippen molar-refractivity contribution < 1.29 is 22.0 Å². The zero-order valence-corrected chi connectivity index (χ0v) is 18.4. The molecule has 1 aromatic heterocycles. The summed E-state index contributed by atoms with van der Waals surface area (Å²) in [4.78, 5) is 17.3. The first-order valence-electron chi connectivity index (χ1n) is 10.5. The van der Waals surface area contributed by atoms with Crippen LogP contribution in [0.2, 0.25) is 0 Å². The Morgan fingerprint density at radius 2 is 1.69 bits per heavy atom. The van der Waals surface area contributed by atoms with Crippen LogP contribution in [0.3, 0.4) is 0 Å². The predicted octanol–water partition coefficient (Wildman–Crippen LogP) is 3.74. The van der Waals surface area contributed by atoms with E-state index in [0.29, 0.717) is 31.7 Å². The Kier molecular flexibility index (Phi) is 6.72. The van der Waals surface area contributed by atoms with Crippen molar-refractivity contribution >= 4 is 15.7 Å². The molecule has 0 spiro atoms. The van der Waals surface area contributed by atoms with Gasteiger partial charge in [-0.3, -0.25) is 9.69 Å². The third-order valence-corrected chi connectivity index (χ3v) is 7.27. The minimum Gasteiger partial charge on any atom is -0.459 e. The first-order valence-corrected chi connectivity index (χ1v) is 12.2. The summed E-state index contributed by atoms with van der Waals surface area (Å²) in [5, 5.41) is 0. The average Bonchev–Trinajstić information content (AvgIpc) is 3.11. The lowest BCUT2D eigenvalue weighted by Crippen LogP contribution is -2.35. The quantitative estimate of drug-likeness (QED) is 0.565. The lowest BCUT2D eigenvalue weighted by molar-refractivity contribution is 0.0728. The van der Waals surface area contributed by atoms with E-state index in [9.17, 15) is 17.6 Å². The Labute approximate surface area is 187 Å². The highest BCUT2D eigenvalue weighted by Gasteiger charge is 2.27. The summed E-state index contributed by atoms with van der Waals surface area (Å²) in [5.41, 5.74) is 1.39. The number of halogens is 1. The molecule has 1 saturated heterocycles. The maximum Gasteiger partial charge on any atom is 0.289 e. The van der Waals surface area contributed by atoms with Gasteiger partial charge in [0.05, 0.1) is 16.9 Å². The molecule has 6 nitrogen and oxygen atoms in total. The van der Waals surface area contributed by atoms with Crippen molar-refractivity contribution in [1.82, 2.24) is 9.80 Å². The summed E-state index contributed by atoms with van der Waals surface area (Å²) in [6.45, 7) is 3.23. The Morgan fingerprint density at radius 3 is 2.44 bits per heavy atom. The number of furan rings is 1. The van der Waals surface area contributed by atoms with Crippen molar-refractivity contribution in [3.05, 3.63) is 89.6 Å². The van der Waals surface area contributed by atoms with Gasteiger partial charge in [-0.2, -0.15) is 0 Å². The van der Waals surface area contributed by atoms with E-state index in [-0.39, 0.29) is 28.1 Å². The molecule has 4 rings (SSSR count). The smallest absolute Gasteiger partial charge is 0.289 e. The molecule has 32 heavy (non-hydrogen) atoms. The number of hydrogen-bond donors (Lipinski definition) is 0. The number of nitrogens with zero attached hydrogens (tertiary/aromatic N) is 2. The monoisotopic (exact) mass is 456 g/mol. The first-order chi connectivity index (χ1) is 15.4. The van der Waals surface area contributed by atoms with Crippen LogP contribution in [0.15, 0.2) is 76.2 Å². The van der Waals surface area contributed by atoms with E-state index in [1.54, 1.807) is 53.4 Å². The van der Waals surface area contributed by atoms with E-state index in [1.165, 1.54) is 18.4 Å². The molecule has 2 aromatic carbocycles. The minimum absolute atomic E-state index is 0.0801. The molecule has 1 amide bonds. The summed E-state index contributed by atoms with van der Waals surface area (Å²) in [7, 11) is -3.59. The second-order valence-electron chi connectivity index (χ2n) is 7.90. The van der Waals surface area contributed by atoms with Crippen molar-refractivity contribution in [1.29, 1.82) is 0 Å². The van der Waals surface area contributed by atoms with Gasteiger partial charge < -0.3 is 9.32 Å². The second kappa shape index (κ2) is 9.67. The van der Waals surface area contributed by atoms with Crippen LogP contribution in [0.1, 0.15) is 28.1 Å². The fraction of sp³-hybridized carbons (Fsp3) is 0.292. The number of amides is 1. The topological polar surface area (TPSA) is 70.8 Å². The Morgan fingerprint density at radius 1 is 0.938 bits per heavy atom. The molecule has 1 aliphatic rings. The largest absolute Gasteiger partial charge is 0.459 e. The molecular formula is C24H25FN2O4S. The standard InChI is InChI=1S/C24H25FN2O4S/c25-21-9-7-19(8-10-21)17-26-12-4-13-27(15-14-26)24(28)23-20(11-16-31-23)18-32(29,30)22-5-2-1-3-6-22/h1-3,5-11,16H,4,12-15,17-18H2. The van der Waals surface area contributed by atoms with Crippen molar-refractivity contribution in [2.75, 3.05) is 26.2 Å². The molecule has 0 saturated carbocycles. The van der Waals surface area contributed by atoms with Crippen molar-refractivity contribution in [3.63, 3.8) is 0 Å². The highest BCUT2D eigenvalue weighted by atomic mass is 32.2. The maximum absolute atomic E-state index is 13.1. The molecule has 8 heteroatoms. The molecule has 3 aromatic rings. The Balaban J connectivity index is 1.42. The van der Waals surface area contributed by atoms with E-state index in [0.717, 1.165) is 18.5 Å². The van der Waals surface area contributed by atoms with Crippen LogP contribution >= 0.6 is 0 Å². The zero-order valence-electron chi connectivity index (χ0n) is 17.6. The van der Waals surface area contributed by atoms with E-state index in [1.807, 2.05) is 0 Å². The van der Waals surface area contributed by atoms with Gasteiger partial charge >= 0.3 is 0 Å². The highest BCUT2D eigenvalue weighted by molar-refractivity contribution is 7.90. The Hall–Kier alpha value is -2.97. The van der Waals surface area contributed by atoms with E-state index >= 15 is 0 Å². The molecule has 0 atom stereocenters. The van der Waals surface area contributed by atoms with Gasteiger partial charge in [0.25, 0.3) is 5.91 Å². The van der Waals surface area contributed by atoms with Crippen molar-refractivity contribution in [2.45, 2.75) is 23.6 Å². The summed E-state index contributed by atoms with van der Waals surface area (Å²) < 4.78 is 44.1. The fourth-order valence-corrected chi connectivity index (χ4v) is 5.25. The molecule has 2 heterocycles. The van der Waals surface area contributed by atoms with Crippen LogP contribution in [0.5, 0.6) is 0 Å². The lowest BCUT2D eigenvalue weighted by Gasteiger charge is -2.21. The summed E-state index contributed by atoms with van der Waals surface area (Å²) in [5.74, 6) is -0.766. The second-order valence-corrected chi connectivity index (χ2v) is 9.89. The molecule has 1 fully saturated rings. The molecule has 0 radical (unpaired) electrons. The Bertz CT molecular complexity index is 1160. The van der Waals surface area contributed by atoms with Crippen LogP contribution < -0.4 is 0 Å². The summed E-state index contributed by atoms with van der Waals surface area (Å²) in [6, 6.07) is 16.2. The lowest BCUT2D eigenvalue weighted by atomic mass is 10.2. The molecule has 0 bridgehead atoms. The van der Waals surface area contributed by atoms with Crippen LogP contribution in [0.4, 0.5) is 4.39 Å². The summed E-state index contributed by atoms with van der Waals surface area (Å²) in [6.07, 6.45) is 2.15. The van der Waals surface area contributed by atoms with E-state index in [4.69, 9.17) is 4.42 Å². The third-order valence-electron chi connectivity index (χ3n) is 5.58. The molecule has 0 N–H and O–H groups in total. The third kappa shape index (κ3) is 5.26. The first kappa shape index (κ1) is 22.2. The average molecular weight is 457 g/mol. The van der Waals surface area contributed by atoms with Crippen LogP contribution in [0, 0.1) is 5.82 Å². The number of benzene rings is 2. The highest BCUT2D eigenvalue weighted by Crippen LogP contribution is 2.22. The van der Waals surface area contributed by atoms with Gasteiger partial charge in [-0.15, -0.1) is 0 Å². The SMILES string of the molecule is O=C(c1occc1CS(=O)(=O)c1ccccc1)N1CCCN(Cc2ccc(F)cc2)CC1. The van der Waals surface area contributed by atoms with Crippen LogP contribution in [-0.2, 0) is 22.1 Å². The normalized spacial score (nSPS) is 15.5. The van der Waals surface area contributed by atoms with Gasteiger partial charge in [-0.05, 0) is 42.3 Å². The maximum atomic E-state index is 13.1. The number of carbonyl (C=O) groups excluding carboxylic acids is 1. The van der Waals surface area contributed by atoms with Gasteiger partial charge in [0.1, 0.15) is 5.82 Å². The fourth-order valence-electron chi connectivity index (χ4n) is 3.88. The van der Waals surface area contributed by atoms with Gasteiger partial charge in [0.15, 0.2) is 15.6 Å².